The van der Waals surface area contributed by atoms with Gasteiger partial charge in [0.05, 0.1) is 5.69 Å². The van der Waals surface area contributed by atoms with E-state index in [0.717, 1.165) is 0 Å². The third-order valence-electron chi connectivity index (χ3n) is 1.35. The lowest BCUT2D eigenvalue weighted by molar-refractivity contribution is 0.154. The van der Waals surface area contributed by atoms with Crippen LogP contribution in [0.5, 0.6) is 0 Å². The van der Waals surface area contributed by atoms with Gasteiger partial charge in [-0.05, 0) is 6.42 Å². The molecular weight excluding hydrogens is 228 g/mol. The highest BCUT2D eigenvalue weighted by molar-refractivity contribution is 7.79. The molecule has 0 spiro atoms. The number of hydrogen-bond acceptors (Lipinski definition) is 6. The fraction of sp³-hybridized carbons (Fsp3) is 0.400. The molecule has 0 radical (unpaired) electrons. The van der Waals surface area contributed by atoms with Crippen LogP contribution in [0.3, 0.4) is 0 Å². The molecule has 0 aromatic carbocycles. The maximum Gasteiger partial charge on any atom is 0.394 e. The summed E-state index contributed by atoms with van der Waals surface area (Å²) in [5.74, 6) is 0.108. The molecule has 0 saturated carbocycles. The van der Waals surface area contributed by atoms with Crippen LogP contribution >= 0.6 is 0 Å². The summed E-state index contributed by atoms with van der Waals surface area (Å²) >= 11 is 0. The second-order valence-electron chi connectivity index (χ2n) is 2.44. The Balaban J connectivity index is 0.000000336. The van der Waals surface area contributed by atoms with E-state index in [1.807, 2.05) is 6.92 Å². The van der Waals surface area contributed by atoms with Crippen LogP contribution in [-0.2, 0) is 16.8 Å². The molecule has 1 aromatic rings. The molecule has 7 N–H and O–H groups in total. The number of nitrogens with zero attached hydrogens (tertiary/aromatic N) is 2. The first-order valence-electron chi connectivity index (χ1n) is 3.68. The standard InChI is InChI=1S/C5H10N4O.H2O4S/c1-2-3-4(6)5(7)9(10)8-3;1-5(2,3)4/h10H,2,6-7H2,1H3;(H2,1,2,3,4). The van der Waals surface area contributed by atoms with Gasteiger partial charge in [-0.25, -0.2) is 0 Å². The lowest BCUT2D eigenvalue weighted by Crippen LogP contribution is -2.00. The van der Waals surface area contributed by atoms with Crippen molar-refractivity contribution in [3.63, 3.8) is 0 Å². The predicted molar refractivity (Wildman–Crippen MR) is 51.8 cm³/mol. The SMILES string of the molecule is CCc1nn(O)c(N)c1N.O=S(=O)(O)O. The van der Waals surface area contributed by atoms with Gasteiger partial charge in [0.15, 0.2) is 5.82 Å². The summed E-state index contributed by atoms with van der Waals surface area (Å²) in [5, 5.41) is 12.5. The van der Waals surface area contributed by atoms with Gasteiger partial charge in [-0.2, -0.15) is 8.42 Å². The lowest BCUT2D eigenvalue weighted by atomic mass is 10.3. The molecular formula is C5H12N4O5S. The Morgan fingerprint density at radius 1 is 1.40 bits per heavy atom. The number of nitrogens with two attached hydrogens (primary N) is 2. The van der Waals surface area contributed by atoms with Crippen LogP contribution in [0.1, 0.15) is 12.6 Å². The van der Waals surface area contributed by atoms with Crippen molar-refractivity contribution >= 4 is 21.9 Å². The van der Waals surface area contributed by atoms with Crippen LogP contribution < -0.4 is 11.5 Å². The normalized spacial score (nSPS) is 10.6. The maximum absolute atomic E-state index is 8.85. The number of aromatic nitrogens is 2. The first kappa shape index (κ1) is 13.5. The van der Waals surface area contributed by atoms with E-state index in [-0.39, 0.29) is 5.82 Å². The zero-order valence-electron chi connectivity index (χ0n) is 7.82. The molecule has 10 heteroatoms. The number of nitrogen functional groups attached to an aromatic ring is 2. The topological polar surface area (TPSA) is 165 Å². The molecule has 0 aliphatic rings. The molecule has 0 saturated heterocycles. The molecule has 88 valence electrons. The summed E-state index contributed by atoms with van der Waals surface area (Å²) in [6.07, 6.45) is 0.670. The van der Waals surface area contributed by atoms with Crippen molar-refractivity contribution in [2.45, 2.75) is 13.3 Å². The molecule has 0 unspecified atom stereocenters. The number of hydrogen-bond donors (Lipinski definition) is 5. The largest absolute Gasteiger partial charge is 0.410 e. The molecule has 0 fully saturated rings. The van der Waals surface area contributed by atoms with E-state index in [1.54, 1.807) is 0 Å². The van der Waals surface area contributed by atoms with Gasteiger partial charge in [-0.15, -0.1) is 5.10 Å². The van der Waals surface area contributed by atoms with Gasteiger partial charge in [0.1, 0.15) is 5.69 Å². The summed E-state index contributed by atoms with van der Waals surface area (Å²) < 4.78 is 31.6. The molecule has 0 amide bonds. The van der Waals surface area contributed by atoms with Crippen molar-refractivity contribution in [2.24, 2.45) is 0 Å². The van der Waals surface area contributed by atoms with Gasteiger partial charge in [0.2, 0.25) is 0 Å². The zero-order valence-corrected chi connectivity index (χ0v) is 8.64. The van der Waals surface area contributed by atoms with Gasteiger partial charge in [0.25, 0.3) is 0 Å². The zero-order chi connectivity index (χ0) is 12.2. The summed E-state index contributed by atoms with van der Waals surface area (Å²) in [6.45, 7) is 1.89. The van der Waals surface area contributed by atoms with Crippen molar-refractivity contribution in [3.8, 4) is 0 Å². The van der Waals surface area contributed by atoms with Crippen LogP contribution in [-0.4, -0.2) is 32.7 Å². The van der Waals surface area contributed by atoms with E-state index >= 15 is 0 Å². The Morgan fingerprint density at radius 2 is 1.80 bits per heavy atom. The molecule has 0 atom stereocenters. The van der Waals surface area contributed by atoms with Gasteiger partial charge in [0, 0.05) is 0 Å². The van der Waals surface area contributed by atoms with Crippen molar-refractivity contribution in [1.82, 2.24) is 9.94 Å². The third kappa shape index (κ3) is 5.05. The number of anilines is 2. The molecule has 15 heavy (non-hydrogen) atoms. The second kappa shape index (κ2) is 4.82. The van der Waals surface area contributed by atoms with Gasteiger partial charge >= 0.3 is 10.4 Å². The van der Waals surface area contributed by atoms with E-state index in [1.165, 1.54) is 0 Å². The highest BCUT2D eigenvalue weighted by Crippen LogP contribution is 2.17. The monoisotopic (exact) mass is 240 g/mol. The third-order valence-corrected chi connectivity index (χ3v) is 1.35. The van der Waals surface area contributed by atoms with E-state index in [2.05, 4.69) is 5.10 Å². The molecule has 0 aliphatic carbocycles. The summed E-state index contributed by atoms with van der Waals surface area (Å²) in [4.78, 5) is 0.591. The fourth-order valence-electron chi connectivity index (χ4n) is 0.739. The van der Waals surface area contributed by atoms with E-state index in [4.69, 9.17) is 34.2 Å². The smallest absolute Gasteiger partial charge is 0.394 e. The molecule has 0 aliphatic heterocycles. The summed E-state index contributed by atoms with van der Waals surface area (Å²) in [6, 6.07) is 0. The predicted octanol–water partition coefficient (Wildman–Crippen LogP) is -0.806. The summed E-state index contributed by atoms with van der Waals surface area (Å²) in [5.41, 5.74) is 11.7. The lowest BCUT2D eigenvalue weighted by Gasteiger charge is -1.90. The Bertz CT molecular complexity index is 417. The quantitative estimate of drug-likeness (QED) is 0.314. The average molecular weight is 240 g/mol. The minimum absolute atomic E-state index is 0.108. The molecule has 9 nitrogen and oxygen atoms in total. The first-order chi connectivity index (χ1) is 6.66. The highest BCUT2D eigenvalue weighted by atomic mass is 32.3. The van der Waals surface area contributed by atoms with Crippen molar-refractivity contribution in [1.29, 1.82) is 0 Å². The molecule has 0 bridgehead atoms. The molecule has 1 heterocycles. The molecule has 1 aromatic heterocycles. The van der Waals surface area contributed by atoms with Crippen molar-refractivity contribution in [3.05, 3.63) is 5.69 Å². The van der Waals surface area contributed by atoms with E-state index in [9.17, 15) is 0 Å². The van der Waals surface area contributed by atoms with Crippen LogP contribution in [0.15, 0.2) is 0 Å². The minimum atomic E-state index is -4.67. The minimum Gasteiger partial charge on any atom is -0.410 e. The summed E-state index contributed by atoms with van der Waals surface area (Å²) in [7, 11) is -4.67. The highest BCUT2D eigenvalue weighted by Gasteiger charge is 2.08. The number of aryl methyl sites for hydroxylation is 1. The second-order valence-corrected chi connectivity index (χ2v) is 3.33. The van der Waals surface area contributed by atoms with Crippen LogP contribution in [0.4, 0.5) is 11.5 Å². The van der Waals surface area contributed by atoms with Crippen molar-refractivity contribution < 1.29 is 22.7 Å². The van der Waals surface area contributed by atoms with Crippen molar-refractivity contribution in [2.75, 3.05) is 11.5 Å². The molecule has 1 rings (SSSR count). The fourth-order valence-corrected chi connectivity index (χ4v) is 0.739. The Kier molecular flexibility index (Phi) is 4.33. The van der Waals surface area contributed by atoms with E-state index < -0.39 is 10.4 Å². The van der Waals surface area contributed by atoms with Gasteiger partial charge in [-0.1, -0.05) is 11.8 Å². The van der Waals surface area contributed by atoms with Crippen LogP contribution in [0.25, 0.3) is 0 Å². The maximum atomic E-state index is 8.85. The number of rotatable bonds is 1. The average Bonchev–Trinajstić information content (AvgIpc) is 2.29. The first-order valence-corrected chi connectivity index (χ1v) is 5.08. The van der Waals surface area contributed by atoms with E-state index in [0.29, 0.717) is 22.6 Å². The van der Waals surface area contributed by atoms with Crippen LogP contribution in [0.2, 0.25) is 0 Å². The Hall–Kier alpha value is -1.52. The Morgan fingerprint density at radius 3 is 1.93 bits per heavy atom. The van der Waals surface area contributed by atoms with Gasteiger partial charge < -0.3 is 16.7 Å². The van der Waals surface area contributed by atoms with Crippen LogP contribution in [0, 0.1) is 0 Å². The van der Waals surface area contributed by atoms with Gasteiger partial charge in [-0.3, -0.25) is 9.11 Å². The Labute approximate surface area is 85.8 Å².